The van der Waals surface area contributed by atoms with E-state index in [0.717, 1.165) is 61.6 Å². The second-order valence-corrected chi connectivity index (χ2v) is 6.95. The lowest BCUT2D eigenvalue weighted by atomic mass is 10.1. The summed E-state index contributed by atoms with van der Waals surface area (Å²) in [4.78, 5) is 23.6. The highest BCUT2D eigenvalue weighted by Crippen LogP contribution is 2.29. The van der Waals surface area contributed by atoms with Crippen molar-refractivity contribution in [1.29, 1.82) is 0 Å². The largest absolute Gasteiger partial charge is 0.361 e. The molecule has 1 saturated heterocycles. The van der Waals surface area contributed by atoms with Crippen LogP contribution in [0.1, 0.15) is 41.1 Å². The van der Waals surface area contributed by atoms with Crippen LogP contribution in [0.5, 0.6) is 0 Å². The molecule has 1 fully saturated rings. The highest BCUT2D eigenvalue weighted by atomic mass is 16.5. The molecule has 2 aromatic heterocycles. The number of nitrogens with zero attached hydrogens (tertiary/aromatic N) is 4. The van der Waals surface area contributed by atoms with Crippen LogP contribution in [0.2, 0.25) is 0 Å². The predicted octanol–water partition coefficient (Wildman–Crippen LogP) is 1.51. The van der Waals surface area contributed by atoms with Gasteiger partial charge in [0.2, 0.25) is 5.91 Å². The van der Waals surface area contributed by atoms with E-state index in [1.54, 1.807) is 6.33 Å². The van der Waals surface area contributed by atoms with Crippen LogP contribution in [-0.2, 0) is 24.1 Å². The van der Waals surface area contributed by atoms with Gasteiger partial charge in [-0.15, -0.1) is 0 Å². The number of aromatic nitrogens is 3. The van der Waals surface area contributed by atoms with E-state index in [-0.39, 0.29) is 11.9 Å². The number of carbonyl (C=O) groups excluding carboxylic acids is 1. The fourth-order valence-corrected chi connectivity index (χ4v) is 3.88. The van der Waals surface area contributed by atoms with Crippen molar-refractivity contribution in [2.75, 3.05) is 18.0 Å². The van der Waals surface area contributed by atoms with E-state index in [4.69, 9.17) is 4.52 Å². The van der Waals surface area contributed by atoms with Crippen LogP contribution in [-0.4, -0.2) is 40.2 Å². The van der Waals surface area contributed by atoms with Crippen molar-refractivity contribution >= 4 is 11.7 Å². The van der Waals surface area contributed by atoms with Crippen LogP contribution in [0.4, 0.5) is 5.82 Å². The number of hydrogen-bond acceptors (Lipinski definition) is 6. The molecule has 1 amide bonds. The van der Waals surface area contributed by atoms with Crippen molar-refractivity contribution in [3.8, 4) is 0 Å². The van der Waals surface area contributed by atoms with Gasteiger partial charge in [0, 0.05) is 36.0 Å². The maximum atomic E-state index is 12.4. The summed E-state index contributed by atoms with van der Waals surface area (Å²) in [6.07, 6.45) is 6.20. The molecule has 0 bridgehead atoms. The summed E-state index contributed by atoms with van der Waals surface area (Å²) in [5, 5.41) is 7.05. The first-order chi connectivity index (χ1) is 12.1. The molecule has 7 heteroatoms. The molecule has 2 aromatic rings. The Bertz CT molecular complexity index is 781. The van der Waals surface area contributed by atoms with Crippen LogP contribution in [0.15, 0.2) is 10.9 Å². The van der Waals surface area contributed by atoms with Gasteiger partial charge < -0.3 is 14.7 Å². The summed E-state index contributed by atoms with van der Waals surface area (Å²) in [5.41, 5.74) is 4.17. The zero-order chi connectivity index (χ0) is 17.4. The molecule has 2 aliphatic rings. The number of aryl methyl sites for hydroxylation is 3. The van der Waals surface area contributed by atoms with Crippen LogP contribution >= 0.6 is 0 Å². The smallest absolute Gasteiger partial charge is 0.224 e. The molecule has 1 unspecified atom stereocenters. The fourth-order valence-electron chi connectivity index (χ4n) is 3.88. The lowest BCUT2D eigenvalue weighted by Gasteiger charge is -2.20. The van der Waals surface area contributed by atoms with Gasteiger partial charge in [-0.1, -0.05) is 5.16 Å². The number of amides is 1. The molecule has 1 aliphatic carbocycles. The summed E-state index contributed by atoms with van der Waals surface area (Å²) in [5.74, 6) is 1.80. The van der Waals surface area contributed by atoms with Gasteiger partial charge in [0.15, 0.2) is 0 Å². The third-order valence-corrected chi connectivity index (χ3v) is 5.22. The molecule has 4 rings (SSSR count). The monoisotopic (exact) mass is 341 g/mol. The molecular formula is C18H23N5O2. The topological polar surface area (TPSA) is 84.2 Å². The van der Waals surface area contributed by atoms with Gasteiger partial charge in [0.25, 0.3) is 0 Å². The molecule has 1 N–H and O–H groups in total. The number of rotatable bonds is 4. The number of anilines is 1. The van der Waals surface area contributed by atoms with Crippen LogP contribution in [0.25, 0.3) is 0 Å². The Morgan fingerprint density at radius 1 is 1.36 bits per heavy atom. The zero-order valence-electron chi connectivity index (χ0n) is 14.7. The molecule has 25 heavy (non-hydrogen) atoms. The standard InChI is InChI=1S/C18H23N5O2/c1-11-15(12(2)25-22-11)8-17(24)21-13-6-7-23(9-13)18-14-4-3-5-16(14)19-10-20-18/h10,13H,3-9H2,1-2H3,(H,21,24). The molecule has 0 saturated carbocycles. The lowest BCUT2D eigenvalue weighted by Crippen LogP contribution is -2.38. The van der Waals surface area contributed by atoms with E-state index in [1.807, 2.05) is 13.8 Å². The minimum Gasteiger partial charge on any atom is -0.361 e. The maximum Gasteiger partial charge on any atom is 0.224 e. The van der Waals surface area contributed by atoms with E-state index in [0.29, 0.717) is 6.42 Å². The first-order valence-corrected chi connectivity index (χ1v) is 8.90. The van der Waals surface area contributed by atoms with Crippen molar-refractivity contribution in [2.24, 2.45) is 0 Å². The van der Waals surface area contributed by atoms with Crippen molar-refractivity contribution in [3.05, 3.63) is 34.6 Å². The van der Waals surface area contributed by atoms with E-state index < -0.39 is 0 Å². The number of carbonyl (C=O) groups is 1. The molecule has 7 nitrogen and oxygen atoms in total. The Kier molecular flexibility index (Phi) is 4.15. The third kappa shape index (κ3) is 3.10. The van der Waals surface area contributed by atoms with Crippen molar-refractivity contribution in [1.82, 2.24) is 20.4 Å². The van der Waals surface area contributed by atoms with Gasteiger partial charge in [-0.3, -0.25) is 4.79 Å². The van der Waals surface area contributed by atoms with Crippen molar-refractivity contribution in [2.45, 2.75) is 52.0 Å². The normalized spacial score (nSPS) is 19.3. The first-order valence-electron chi connectivity index (χ1n) is 8.90. The van der Waals surface area contributed by atoms with Gasteiger partial charge in [0.05, 0.1) is 12.1 Å². The lowest BCUT2D eigenvalue weighted by molar-refractivity contribution is -0.121. The number of fused-ring (bicyclic) bond motifs is 1. The highest BCUT2D eigenvalue weighted by Gasteiger charge is 2.28. The third-order valence-electron chi connectivity index (χ3n) is 5.22. The van der Waals surface area contributed by atoms with Gasteiger partial charge in [-0.05, 0) is 39.5 Å². The second kappa shape index (κ2) is 6.46. The molecule has 1 aliphatic heterocycles. The minimum absolute atomic E-state index is 0.0224. The summed E-state index contributed by atoms with van der Waals surface area (Å²) in [6, 6.07) is 0.153. The summed E-state index contributed by atoms with van der Waals surface area (Å²) >= 11 is 0. The Labute approximate surface area is 146 Å². The average molecular weight is 341 g/mol. The van der Waals surface area contributed by atoms with E-state index >= 15 is 0 Å². The molecule has 0 radical (unpaired) electrons. The molecule has 1 atom stereocenters. The summed E-state index contributed by atoms with van der Waals surface area (Å²) < 4.78 is 5.13. The Morgan fingerprint density at radius 3 is 3.04 bits per heavy atom. The van der Waals surface area contributed by atoms with E-state index in [2.05, 4.69) is 25.3 Å². The van der Waals surface area contributed by atoms with Gasteiger partial charge in [-0.25, -0.2) is 9.97 Å². The molecule has 132 valence electrons. The Hall–Kier alpha value is -2.44. The van der Waals surface area contributed by atoms with Crippen molar-refractivity contribution in [3.63, 3.8) is 0 Å². The first kappa shape index (κ1) is 16.1. The molecular weight excluding hydrogens is 318 g/mol. The molecule has 0 aromatic carbocycles. The van der Waals surface area contributed by atoms with Gasteiger partial charge in [-0.2, -0.15) is 0 Å². The highest BCUT2D eigenvalue weighted by molar-refractivity contribution is 5.79. The van der Waals surface area contributed by atoms with E-state index in [9.17, 15) is 4.79 Å². The summed E-state index contributed by atoms with van der Waals surface area (Å²) in [6.45, 7) is 5.43. The van der Waals surface area contributed by atoms with Crippen LogP contribution < -0.4 is 10.2 Å². The number of nitrogens with one attached hydrogen (secondary N) is 1. The molecule has 0 spiro atoms. The van der Waals surface area contributed by atoms with Gasteiger partial charge in [0.1, 0.15) is 17.9 Å². The van der Waals surface area contributed by atoms with Crippen LogP contribution in [0.3, 0.4) is 0 Å². The average Bonchev–Trinajstić information content (AvgIpc) is 3.31. The fraction of sp³-hybridized carbons (Fsp3) is 0.556. The van der Waals surface area contributed by atoms with Crippen LogP contribution in [0, 0.1) is 13.8 Å². The Balaban J connectivity index is 1.38. The minimum atomic E-state index is 0.0224. The Morgan fingerprint density at radius 2 is 2.24 bits per heavy atom. The predicted molar refractivity (Wildman–Crippen MR) is 92.5 cm³/mol. The van der Waals surface area contributed by atoms with Crippen molar-refractivity contribution < 1.29 is 9.32 Å². The molecule has 3 heterocycles. The van der Waals surface area contributed by atoms with Gasteiger partial charge >= 0.3 is 0 Å². The maximum absolute atomic E-state index is 12.4. The zero-order valence-corrected chi connectivity index (χ0v) is 14.7. The quantitative estimate of drug-likeness (QED) is 0.907. The SMILES string of the molecule is Cc1noc(C)c1CC(=O)NC1CCN(c2ncnc3c2CCC3)C1. The second-order valence-electron chi connectivity index (χ2n) is 6.95. The van der Waals surface area contributed by atoms with E-state index in [1.165, 1.54) is 11.3 Å². The summed E-state index contributed by atoms with van der Waals surface area (Å²) in [7, 11) is 0. The number of hydrogen-bond donors (Lipinski definition) is 1.